The van der Waals surface area contributed by atoms with Crippen molar-refractivity contribution in [2.24, 2.45) is 5.92 Å². The Kier molecular flexibility index (Phi) is 6.93. The molecule has 194 valence electrons. The number of aromatic nitrogens is 4. The third kappa shape index (κ3) is 5.91. The van der Waals surface area contributed by atoms with Crippen molar-refractivity contribution in [3.8, 4) is 34.0 Å². The van der Waals surface area contributed by atoms with Gasteiger partial charge in [0.05, 0.1) is 5.69 Å². The summed E-state index contributed by atoms with van der Waals surface area (Å²) in [5.74, 6) is 2.39. The van der Waals surface area contributed by atoms with E-state index in [1.54, 1.807) is 24.3 Å². The monoisotopic (exact) mass is 536 g/mol. The van der Waals surface area contributed by atoms with E-state index in [0.29, 0.717) is 39.6 Å². The normalized spacial score (nSPS) is 12.6. The Morgan fingerprint density at radius 1 is 0.923 bits per heavy atom. The number of aromatic amines is 1. The van der Waals surface area contributed by atoms with Crippen LogP contribution in [0.1, 0.15) is 18.4 Å². The summed E-state index contributed by atoms with van der Waals surface area (Å²) in [4.78, 5) is 13.2. The second kappa shape index (κ2) is 11.0. The minimum atomic E-state index is -0.392. The fourth-order valence-corrected chi connectivity index (χ4v) is 4.60. The number of nitrogens with one attached hydrogen (secondary N) is 3. The van der Waals surface area contributed by atoms with Gasteiger partial charge in [-0.1, -0.05) is 54.1 Å². The molecule has 3 N–H and O–H groups in total. The van der Waals surface area contributed by atoms with Crippen LogP contribution in [0.2, 0.25) is 5.02 Å². The Hall–Kier alpha value is -4.69. The number of benzene rings is 4. The zero-order valence-electron chi connectivity index (χ0n) is 20.9. The molecule has 0 saturated heterocycles. The maximum Gasteiger partial charge on any atom is 0.323 e. The van der Waals surface area contributed by atoms with Gasteiger partial charge in [-0.15, -0.1) is 10.2 Å². The molecule has 6 rings (SSSR count). The summed E-state index contributed by atoms with van der Waals surface area (Å²) >= 11 is 6.01. The lowest BCUT2D eigenvalue weighted by molar-refractivity contribution is 0.262. The van der Waals surface area contributed by atoms with Crippen LogP contribution in [0, 0.1) is 5.92 Å². The summed E-state index contributed by atoms with van der Waals surface area (Å²) in [6, 6.07) is 28.1. The van der Waals surface area contributed by atoms with Gasteiger partial charge in [-0.25, -0.2) is 4.79 Å². The molecule has 0 atom stereocenters. The molecular weight excluding hydrogens is 512 g/mol. The molecule has 0 unspecified atom stereocenters. The van der Waals surface area contributed by atoms with Gasteiger partial charge in [-0.3, -0.25) is 0 Å². The number of tetrazole rings is 1. The molecule has 5 aromatic rings. The van der Waals surface area contributed by atoms with Crippen molar-refractivity contribution in [3.63, 3.8) is 0 Å². The molecule has 0 radical (unpaired) electrons. The van der Waals surface area contributed by atoms with E-state index >= 15 is 0 Å². The number of H-pyrrole nitrogens is 1. The summed E-state index contributed by atoms with van der Waals surface area (Å²) in [7, 11) is 0. The Morgan fingerprint density at radius 2 is 1.67 bits per heavy atom. The van der Waals surface area contributed by atoms with E-state index in [1.165, 1.54) is 12.8 Å². The molecule has 0 aliphatic heterocycles. The summed E-state index contributed by atoms with van der Waals surface area (Å²) in [5.41, 5.74) is 4.86. The van der Waals surface area contributed by atoms with Gasteiger partial charge >= 0.3 is 6.03 Å². The van der Waals surface area contributed by atoms with Gasteiger partial charge in [0, 0.05) is 16.3 Å². The van der Waals surface area contributed by atoms with E-state index in [4.69, 9.17) is 16.3 Å². The molecule has 1 saturated carbocycles. The second-order valence-electron chi connectivity index (χ2n) is 9.44. The average molecular weight is 537 g/mol. The molecule has 0 bridgehead atoms. The predicted octanol–water partition coefficient (Wildman–Crippen LogP) is 7.58. The van der Waals surface area contributed by atoms with Gasteiger partial charge in [0.1, 0.15) is 5.75 Å². The fourth-order valence-electron chi connectivity index (χ4n) is 4.47. The van der Waals surface area contributed by atoms with Gasteiger partial charge in [-0.05, 0) is 95.6 Å². The van der Waals surface area contributed by atoms with Crippen LogP contribution in [0.15, 0.2) is 91.0 Å². The van der Waals surface area contributed by atoms with Gasteiger partial charge in [-0.2, -0.15) is 5.21 Å². The number of urea groups is 1. The van der Waals surface area contributed by atoms with Crippen LogP contribution in [-0.2, 0) is 6.42 Å². The minimum Gasteiger partial charge on any atom is -0.455 e. The highest BCUT2D eigenvalue weighted by atomic mass is 35.5. The number of hydrogen-bond acceptors (Lipinski definition) is 5. The molecule has 2 amide bonds. The smallest absolute Gasteiger partial charge is 0.323 e. The van der Waals surface area contributed by atoms with Crippen molar-refractivity contribution in [3.05, 3.63) is 102 Å². The van der Waals surface area contributed by atoms with Crippen LogP contribution >= 0.6 is 11.6 Å². The molecule has 8 nitrogen and oxygen atoms in total. The number of anilines is 2. The zero-order chi connectivity index (χ0) is 26.6. The van der Waals surface area contributed by atoms with E-state index in [9.17, 15) is 4.79 Å². The molecule has 1 aliphatic rings. The van der Waals surface area contributed by atoms with Crippen LogP contribution in [0.5, 0.6) is 11.5 Å². The topological polar surface area (TPSA) is 105 Å². The number of rotatable bonds is 8. The Balaban J connectivity index is 1.44. The largest absolute Gasteiger partial charge is 0.455 e. The Bertz CT molecular complexity index is 1590. The number of hydrogen-bond donors (Lipinski definition) is 3. The number of ether oxygens (including phenoxy) is 1. The zero-order valence-corrected chi connectivity index (χ0v) is 21.7. The standard InChI is InChI=1S/C30H25ClN6O2/c31-22-12-14-23(15-13-22)32-30(38)33-27-18-20(25-8-4-5-9-26(25)29-34-36-37-35-29)17-21(16-19-10-11-19)28(27)39-24-6-2-1-3-7-24/h1-9,12-15,17-19H,10-11,16H2,(H2,32,33,38)(H,34,35,36,37). The summed E-state index contributed by atoms with van der Waals surface area (Å²) in [6.45, 7) is 0. The van der Waals surface area contributed by atoms with Crippen LogP contribution in [0.4, 0.5) is 16.2 Å². The van der Waals surface area contributed by atoms with Crippen LogP contribution in [-0.4, -0.2) is 26.7 Å². The van der Waals surface area contributed by atoms with E-state index in [2.05, 4.69) is 37.3 Å². The number of amides is 2. The second-order valence-corrected chi connectivity index (χ2v) is 9.88. The Morgan fingerprint density at radius 3 is 2.38 bits per heavy atom. The molecule has 9 heteroatoms. The van der Waals surface area contributed by atoms with Crippen molar-refractivity contribution in [2.45, 2.75) is 19.3 Å². The van der Waals surface area contributed by atoms with E-state index in [1.807, 2.05) is 60.7 Å². The van der Waals surface area contributed by atoms with Crippen molar-refractivity contribution in [2.75, 3.05) is 10.6 Å². The van der Waals surface area contributed by atoms with Crippen molar-refractivity contribution in [1.29, 1.82) is 0 Å². The van der Waals surface area contributed by atoms with Gasteiger partial charge in [0.2, 0.25) is 5.82 Å². The van der Waals surface area contributed by atoms with E-state index < -0.39 is 6.03 Å². The number of nitrogens with zero attached hydrogens (tertiary/aromatic N) is 3. The first-order valence-corrected chi connectivity index (χ1v) is 13.1. The lowest BCUT2D eigenvalue weighted by Crippen LogP contribution is -2.20. The van der Waals surface area contributed by atoms with E-state index in [0.717, 1.165) is 28.7 Å². The number of para-hydroxylation sites is 1. The minimum absolute atomic E-state index is 0.392. The number of halogens is 1. The lowest BCUT2D eigenvalue weighted by atomic mass is 9.94. The van der Waals surface area contributed by atoms with Crippen LogP contribution in [0.3, 0.4) is 0 Å². The van der Waals surface area contributed by atoms with Crippen LogP contribution < -0.4 is 15.4 Å². The quantitative estimate of drug-likeness (QED) is 0.189. The average Bonchev–Trinajstić information content (AvgIpc) is 3.60. The van der Waals surface area contributed by atoms with Crippen molar-refractivity contribution < 1.29 is 9.53 Å². The Labute approximate surface area is 230 Å². The molecule has 1 aliphatic carbocycles. The maximum atomic E-state index is 13.2. The first-order chi connectivity index (χ1) is 19.1. The predicted molar refractivity (Wildman–Crippen MR) is 152 cm³/mol. The van der Waals surface area contributed by atoms with E-state index in [-0.39, 0.29) is 0 Å². The maximum absolute atomic E-state index is 13.2. The van der Waals surface area contributed by atoms with Gasteiger partial charge < -0.3 is 15.4 Å². The summed E-state index contributed by atoms with van der Waals surface area (Å²) in [5, 5.41) is 21.1. The molecular formula is C30H25ClN6O2. The molecule has 1 fully saturated rings. The summed E-state index contributed by atoms with van der Waals surface area (Å²) < 4.78 is 6.43. The number of carbonyl (C=O) groups excluding carboxylic acids is 1. The van der Waals surface area contributed by atoms with Crippen molar-refractivity contribution >= 4 is 29.0 Å². The highest BCUT2D eigenvalue weighted by Crippen LogP contribution is 2.43. The molecule has 4 aromatic carbocycles. The highest BCUT2D eigenvalue weighted by molar-refractivity contribution is 6.30. The van der Waals surface area contributed by atoms with Gasteiger partial charge in [0.25, 0.3) is 0 Å². The summed E-state index contributed by atoms with van der Waals surface area (Å²) in [6.07, 6.45) is 3.19. The van der Waals surface area contributed by atoms with Crippen molar-refractivity contribution in [1.82, 2.24) is 20.6 Å². The molecule has 1 heterocycles. The molecule has 0 spiro atoms. The van der Waals surface area contributed by atoms with Gasteiger partial charge in [0.15, 0.2) is 5.75 Å². The van der Waals surface area contributed by atoms with Crippen LogP contribution in [0.25, 0.3) is 22.5 Å². The molecule has 1 aromatic heterocycles. The highest BCUT2D eigenvalue weighted by Gasteiger charge is 2.26. The SMILES string of the molecule is O=C(Nc1ccc(Cl)cc1)Nc1cc(-c2ccccc2-c2nn[nH]n2)cc(CC2CC2)c1Oc1ccccc1. The number of carbonyl (C=O) groups is 1. The molecule has 39 heavy (non-hydrogen) atoms. The first kappa shape index (κ1) is 24.6. The third-order valence-corrected chi connectivity index (χ3v) is 6.76. The fraction of sp³-hybridized carbons (Fsp3) is 0.133. The first-order valence-electron chi connectivity index (χ1n) is 12.7. The third-order valence-electron chi connectivity index (χ3n) is 6.51. The lowest BCUT2D eigenvalue weighted by Gasteiger charge is -2.19.